The first-order chi connectivity index (χ1) is 12.5. The van der Waals surface area contributed by atoms with Gasteiger partial charge in [-0.2, -0.15) is 0 Å². The van der Waals surface area contributed by atoms with Crippen molar-refractivity contribution in [2.45, 2.75) is 39.5 Å². The minimum absolute atomic E-state index is 0.00626. The molecule has 2 aromatic rings. The summed E-state index contributed by atoms with van der Waals surface area (Å²) in [5, 5.41) is 2.83. The predicted octanol–water partition coefficient (Wildman–Crippen LogP) is 4.51. The number of ether oxygens (including phenoxy) is 2. The van der Waals surface area contributed by atoms with Gasteiger partial charge in [0.05, 0.1) is 6.54 Å². The Kier molecular flexibility index (Phi) is 7.52. The van der Waals surface area contributed by atoms with E-state index in [9.17, 15) is 4.79 Å². The van der Waals surface area contributed by atoms with Gasteiger partial charge in [0.25, 0.3) is 5.91 Å². The van der Waals surface area contributed by atoms with Crippen LogP contribution in [0.15, 0.2) is 48.5 Å². The summed E-state index contributed by atoms with van der Waals surface area (Å²) in [6.45, 7) is 9.36. The van der Waals surface area contributed by atoms with Gasteiger partial charge in [-0.3, -0.25) is 4.79 Å². The SMILES string of the molecule is CC(C)c1ccccc1OCCNC(=O)COc1ccccc1C(C)C. The summed E-state index contributed by atoms with van der Waals surface area (Å²) in [5.41, 5.74) is 2.28. The second-order valence-corrected chi connectivity index (χ2v) is 6.87. The summed E-state index contributed by atoms with van der Waals surface area (Å²) < 4.78 is 11.5. The minimum Gasteiger partial charge on any atom is -0.491 e. The van der Waals surface area contributed by atoms with Crippen molar-refractivity contribution in [1.29, 1.82) is 0 Å². The van der Waals surface area contributed by atoms with Crippen molar-refractivity contribution in [3.8, 4) is 11.5 Å². The molecule has 1 amide bonds. The second kappa shape index (κ2) is 9.85. The van der Waals surface area contributed by atoms with E-state index in [-0.39, 0.29) is 12.5 Å². The third kappa shape index (κ3) is 5.80. The molecule has 2 aromatic carbocycles. The van der Waals surface area contributed by atoms with Crippen LogP contribution in [-0.4, -0.2) is 25.7 Å². The highest BCUT2D eigenvalue weighted by Gasteiger charge is 2.10. The zero-order chi connectivity index (χ0) is 18.9. The molecule has 0 aromatic heterocycles. The van der Waals surface area contributed by atoms with Crippen molar-refractivity contribution >= 4 is 5.91 Å². The molecule has 26 heavy (non-hydrogen) atoms. The summed E-state index contributed by atoms with van der Waals surface area (Å²) in [5.74, 6) is 2.24. The molecule has 0 radical (unpaired) electrons. The molecule has 2 rings (SSSR count). The van der Waals surface area contributed by atoms with Crippen molar-refractivity contribution in [2.75, 3.05) is 19.8 Å². The number of hydrogen-bond donors (Lipinski definition) is 1. The van der Waals surface area contributed by atoms with E-state index in [1.165, 1.54) is 5.56 Å². The van der Waals surface area contributed by atoms with Crippen LogP contribution in [0, 0.1) is 0 Å². The van der Waals surface area contributed by atoms with Gasteiger partial charge in [0.15, 0.2) is 6.61 Å². The number of carbonyl (C=O) groups excluding carboxylic acids is 1. The average Bonchev–Trinajstić information content (AvgIpc) is 2.64. The Bertz CT molecular complexity index is 710. The Morgan fingerprint density at radius 3 is 1.88 bits per heavy atom. The first kappa shape index (κ1) is 19.8. The third-order valence-electron chi connectivity index (χ3n) is 4.12. The number of amides is 1. The van der Waals surface area contributed by atoms with E-state index in [2.05, 4.69) is 39.1 Å². The van der Waals surface area contributed by atoms with E-state index < -0.39 is 0 Å². The highest BCUT2D eigenvalue weighted by molar-refractivity contribution is 5.77. The number of nitrogens with one attached hydrogen (secondary N) is 1. The lowest BCUT2D eigenvalue weighted by atomic mass is 10.0. The Morgan fingerprint density at radius 1 is 0.846 bits per heavy atom. The second-order valence-electron chi connectivity index (χ2n) is 6.87. The number of carbonyl (C=O) groups is 1. The van der Waals surface area contributed by atoms with Gasteiger partial charge in [0, 0.05) is 0 Å². The largest absolute Gasteiger partial charge is 0.491 e. The molecule has 4 heteroatoms. The Hall–Kier alpha value is -2.49. The van der Waals surface area contributed by atoms with Gasteiger partial charge in [-0.15, -0.1) is 0 Å². The van der Waals surface area contributed by atoms with Crippen molar-refractivity contribution < 1.29 is 14.3 Å². The Morgan fingerprint density at radius 2 is 1.35 bits per heavy atom. The van der Waals surface area contributed by atoms with Gasteiger partial charge in [0.1, 0.15) is 18.1 Å². The topological polar surface area (TPSA) is 47.6 Å². The van der Waals surface area contributed by atoms with Crippen LogP contribution in [-0.2, 0) is 4.79 Å². The average molecular weight is 355 g/mol. The van der Waals surface area contributed by atoms with E-state index in [4.69, 9.17) is 9.47 Å². The molecule has 0 atom stereocenters. The lowest BCUT2D eigenvalue weighted by Gasteiger charge is -2.15. The van der Waals surface area contributed by atoms with Crippen LogP contribution >= 0.6 is 0 Å². The highest BCUT2D eigenvalue weighted by Crippen LogP contribution is 2.26. The van der Waals surface area contributed by atoms with E-state index >= 15 is 0 Å². The van der Waals surface area contributed by atoms with Crippen LogP contribution in [0.25, 0.3) is 0 Å². The maximum absolute atomic E-state index is 12.0. The summed E-state index contributed by atoms with van der Waals surface area (Å²) >= 11 is 0. The normalized spacial score (nSPS) is 10.8. The van der Waals surface area contributed by atoms with Crippen molar-refractivity contribution in [3.05, 3.63) is 59.7 Å². The minimum atomic E-state index is -0.149. The van der Waals surface area contributed by atoms with Gasteiger partial charge in [-0.1, -0.05) is 64.1 Å². The maximum atomic E-state index is 12.0. The predicted molar refractivity (Wildman–Crippen MR) is 105 cm³/mol. The molecular formula is C22H29NO3. The van der Waals surface area contributed by atoms with E-state index in [0.29, 0.717) is 25.0 Å². The summed E-state index contributed by atoms with van der Waals surface area (Å²) in [7, 11) is 0. The quantitative estimate of drug-likeness (QED) is 0.673. The summed E-state index contributed by atoms with van der Waals surface area (Å²) in [6, 6.07) is 15.8. The van der Waals surface area contributed by atoms with Crippen LogP contribution in [0.5, 0.6) is 11.5 Å². The van der Waals surface area contributed by atoms with E-state index in [0.717, 1.165) is 17.1 Å². The molecule has 0 saturated carbocycles. The van der Waals surface area contributed by atoms with E-state index in [1.54, 1.807) is 0 Å². The standard InChI is InChI=1S/C22H29NO3/c1-16(2)18-9-5-7-11-20(18)25-14-13-23-22(24)15-26-21-12-8-6-10-19(21)17(3)4/h5-12,16-17H,13-15H2,1-4H3,(H,23,24). The fourth-order valence-corrected chi connectivity index (χ4v) is 2.72. The molecule has 4 nitrogen and oxygen atoms in total. The molecule has 0 spiro atoms. The van der Waals surface area contributed by atoms with Gasteiger partial charge in [-0.05, 0) is 35.1 Å². The number of hydrogen-bond acceptors (Lipinski definition) is 3. The lowest BCUT2D eigenvalue weighted by Crippen LogP contribution is -2.32. The zero-order valence-electron chi connectivity index (χ0n) is 16.1. The monoisotopic (exact) mass is 355 g/mol. The molecule has 0 aliphatic carbocycles. The molecule has 1 N–H and O–H groups in total. The molecule has 0 saturated heterocycles. The number of benzene rings is 2. The first-order valence-corrected chi connectivity index (χ1v) is 9.19. The van der Waals surface area contributed by atoms with Crippen LogP contribution in [0.3, 0.4) is 0 Å². The number of rotatable bonds is 9. The molecule has 0 bridgehead atoms. The number of para-hydroxylation sites is 2. The van der Waals surface area contributed by atoms with Crippen LogP contribution in [0.4, 0.5) is 0 Å². The maximum Gasteiger partial charge on any atom is 0.258 e. The van der Waals surface area contributed by atoms with Crippen molar-refractivity contribution in [1.82, 2.24) is 5.32 Å². The summed E-state index contributed by atoms with van der Waals surface area (Å²) in [6.07, 6.45) is 0. The third-order valence-corrected chi connectivity index (χ3v) is 4.12. The fraction of sp³-hybridized carbons (Fsp3) is 0.409. The van der Waals surface area contributed by atoms with Crippen LogP contribution in [0.1, 0.15) is 50.7 Å². The molecular weight excluding hydrogens is 326 g/mol. The van der Waals surface area contributed by atoms with Crippen LogP contribution < -0.4 is 14.8 Å². The summed E-state index contributed by atoms with van der Waals surface area (Å²) in [4.78, 5) is 12.0. The Labute approximate surface area is 156 Å². The van der Waals surface area contributed by atoms with Gasteiger partial charge < -0.3 is 14.8 Å². The molecule has 0 fully saturated rings. The molecule has 0 unspecified atom stereocenters. The Balaban J connectivity index is 1.75. The molecule has 0 aliphatic rings. The fourth-order valence-electron chi connectivity index (χ4n) is 2.72. The van der Waals surface area contributed by atoms with Crippen molar-refractivity contribution in [2.24, 2.45) is 0 Å². The first-order valence-electron chi connectivity index (χ1n) is 9.19. The van der Waals surface area contributed by atoms with E-state index in [1.807, 2.05) is 42.5 Å². The van der Waals surface area contributed by atoms with Crippen molar-refractivity contribution in [3.63, 3.8) is 0 Å². The smallest absolute Gasteiger partial charge is 0.258 e. The van der Waals surface area contributed by atoms with Gasteiger partial charge in [0.2, 0.25) is 0 Å². The highest BCUT2D eigenvalue weighted by atomic mass is 16.5. The lowest BCUT2D eigenvalue weighted by molar-refractivity contribution is -0.123. The molecule has 0 aliphatic heterocycles. The molecule has 0 heterocycles. The van der Waals surface area contributed by atoms with Gasteiger partial charge >= 0.3 is 0 Å². The molecule has 140 valence electrons. The van der Waals surface area contributed by atoms with Gasteiger partial charge in [-0.25, -0.2) is 0 Å². The van der Waals surface area contributed by atoms with Crippen LogP contribution in [0.2, 0.25) is 0 Å². The zero-order valence-corrected chi connectivity index (χ0v) is 16.1.